The Morgan fingerprint density at radius 2 is 1.69 bits per heavy atom. The van der Waals surface area contributed by atoms with Crippen molar-refractivity contribution in [3.05, 3.63) is 59.2 Å². The van der Waals surface area contributed by atoms with Crippen molar-refractivity contribution in [3.8, 4) is 0 Å². The number of carbonyl (C=O) groups is 4. The van der Waals surface area contributed by atoms with Crippen LogP contribution in [0, 0.1) is 0 Å². The Balaban J connectivity index is 1.48. The van der Waals surface area contributed by atoms with Crippen LogP contribution in [0.4, 0.5) is 5.69 Å². The zero-order valence-corrected chi connectivity index (χ0v) is 17.0. The van der Waals surface area contributed by atoms with Crippen LogP contribution in [0.5, 0.6) is 0 Å². The highest BCUT2D eigenvalue weighted by atomic mass is 32.2. The summed E-state index contributed by atoms with van der Waals surface area (Å²) in [6, 6.07) is 12.1. The highest BCUT2D eigenvalue weighted by molar-refractivity contribution is 7.98. The first-order valence-corrected chi connectivity index (χ1v) is 10.4. The molecule has 0 unspecified atom stereocenters. The second-order valence-corrected chi connectivity index (χ2v) is 7.63. The van der Waals surface area contributed by atoms with Crippen LogP contribution in [0.15, 0.2) is 47.4 Å². The van der Waals surface area contributed by atoms with Crippen molar-refractivity contribution in [1.82, 2.24) is 0 Å². The van der Waals surface area contributed by atoms with Gasteiger partial charge in [-0.3, -0.25) is 19.2 Å². The molecule has 6 nitrogen and oxygen atoms in total. The van der Waals surface area contributed by atoms with Crippen LogP contribution in [0.1, 0.15) is 52.0 Å². The largest absolute Gasteiger partial charge is 0.457 e. The van der Waals surface area contributed by atoms with Crippen molar-refractivity contribution >= 4 is 40.9 Å². The molecule has 0 bridgehead atoms. The summed E-state index contributed by atoms with van der Waals surface area (Å²) in [5.41, 5.74) is 2.37. The molecule has 29 heavy (non-hydrogen) atoms. The van der Waals surface area contributed by atoms with E-state index in [4.69, 9.17) is 4.74 Å². The lowest BCUT2D eigenvalue weighted by atomic mass is 9.99. The van der Waals surface area contributed by atoms with E-state index in [9.17, 15) is 19.2 Å². The predicted octanol–water partition coefficient (Wildman–Crippen LogP) is 3.85. The highest BCUT2D eigenvalue weighted by Crippen LogP contribution is 2.32. The van der Waals surface area contributed by atoms with E-state index in [0.717, 1.165) is 10.5 Å². The average Bonchev–Trinajstić information content (AvgIpc) is 3.03. The summed E-state index contributed by atoms with van der Waals surface area (Å²) in [4.78, 5) is 49.1. The fourth-order valence-electron chi connectivity index (χ4n) is 3.03. The number of rotatable bonds is 8. The molecule has 3 rings (SSSR count). The van der Waals surface area contributed by atoms with Crippen LogP contribution in [0.3, 0.4) is 0 Å². The number of benzene rings is 2. The van der Waals surface area contributed by atoms with Crippen LogP contribution < -0.4 is 5.32 Å². The number of Topliss-reactive ketones (excluding diaryl/α,β-unsaturated/α-hetero) is 2. The maximum absolute atomic E-state index is 12.3. The van der Waals surface area contributed by atoms with E-state index in [1.54, 1.807) is 49.0 Å². The van der Waals surface area contributed by atoms with Gasteiger partial charge in [0.25, 0.3) is 0 Å². The SMILES string of the molecule is CSc1ccc(C(=O)CCC(=O)OCC(=O)c2ccc3c(c2)[C@H](C)C(=O)N3)cc1. The third-order valence-electron chi connectivity index (χ3n) is 4.82. The molecule has 1 aliphatic heterocycles. The summed E-state index contributed by atoms with van der Waals surface area (Å²) < 4.78 is 5.02. The van der Waals surface area contributed by atoms with Gasteiger partial charge in [0.2, 0.25) is 5.91 Å². The summed E-state index contributed by atoms with van der Waals surface area (Å²) in [6.45, 7) is 1.37. The van der Waals surface area contributed by atoms with E-state index >= 15 is 0 Å². The van der Waals surface area contributed by atoms with Gasteiger partial charge in [0.1, 0.15) is 0 Å². The summed E-state index contributed by atoms with van der Waals surface area (Å²) in [5.74, 6) is -1.53. The third kappa shape index (κ3) is 4.92. The molecule has 0 spiro atoms. The van der Waals surface area contributed by atoms with Crippen LogP contribution in [-0.4, -0.2) is 36.3 Å². The molecule has 2 aromatic rings. The topological polar surface area (TPSA) is 89.5 Å². The lowest BCUT2D eigenvalue weighted by Gasteiger charge is -2.07. The Hall–Kier alpha value is -2.93. The number of nitrogens with one attached hydrogen (secondary N) is 1. The van der Waals surface area contributed by atoms with E-state index in [-0.39, 0.29) is 36.2 Å². The summed E-state index contributed by atoms with van der Waals surface area (Å²) >= 11 is 1.58. The second kappa shape index (κ2) is 9.05. The number of fused-ring (bicyclic) bond motifs is 1. The van der Waals surface area contributed by atoms with Crippen LogP contribution in [0.25, 0.3) is 0 Å². The first-order valence-electron chi connectivity index (χ1n) is 9.20. The fraction of sp³-hybridized carbons (Fsp3) is 0.273. The van der Waals surface area contributed by atoms with Gasteiger partial charge in [0, 0.05) is 28.1 Å². The van der Waals surface area contributed by atoms with E-state index in [2.05, 4.69) is 5.32 Å². The van der Waals surface area contributed by atoms with Crippen molar-refractivity contribution in [2.45, 2.75) is 30.6 Å². The minimum atomic E-state index is -0.598. The smallest absolute Gasteiger partial charge is 0.306 e. The average molecular weight is 411 g/mol. The number of ether oxygens (including phenoxy) is 1. The monoisotopic (exact) mass is 411 g/mol. The maximum Gasteiger partial charge on any atom is 0.306 e. The van der Waals surface area contributed by atoms with Crippen LogP contribution in [0.2, 0.25) is 0 Å². The van der Waals surface area contributed by atoms with Gasteiger partial charge in [-0.2, -0.15) is 0 Å². The fourth-order valence-corrected chi connectivity index (χ4v) is 3.44. The van der Waals surface area contributed by atoms with Crippen LogP contribution in [-0.2, 0) is 14.3 Å². The number of hydrogen-bond acceptors (Lipinski definition) is 6. The molecule has 2 aromatic carbocycles. The predicted molar refractivity (Wildman–Crippen MR) is 111 cm³/mol. The molecule has 0 radical (unpaired) electrons. The molecule has 0 aliphatic carbocycles. The normalized spacial score (nSPS) is 14.8. The minimum absolute atomic E-state index is 0.0236. The highest BCUT2D eigenvalue weighted by Gasteiger charge is 2.27. The number of carbonyl (C=O) groups excluding carboxylic acids is 4. The van der Waals surface area contributed by atoms with E-state index in [0.29, 0.717) is 16.8 Å². The molecule has 0 fully saturated rings. The molecule has 0 aromatic heterocycles. The van der Waals surface area contributed by atoms with E-state index in [1.807, 2.05) is 18.4 Å². The Morgan fingerprint density at radius 1 is 1.00 bits per heavy atom. The van der Waals surface area contributed by atoms with E-state index < -0.39 is 12.6 Å². The summed E-state index contributed by atoms with van der Waals surface area (Å²) in [6.07, 6.45) is 1.89. The van der Waals surface area contributed by atoms with Gasteiger partial charge in [-0.05, 0) is 49.1 Å². The number of hydrogen-bond donors (Lipinski definition) is 1. The van der Waals surface area contributed by atoms with E-state index in [1.165, 1.54) is 0 Å². The van der Waals surface area contributed by atoms with Gasteiger partial charge in [0.15, 0.2) is 18.2 Å². The van der Waals surface area contributed by atoms with Crippen LogP contribution >= 0.6 is 11.8 Å². The van der Waals surface area contributed by atoms with Gasteiger partial charge in [-0.1, -0.05) is 12.1 Å². The van der Waals surface area contributed by atoms with Crippen molar-refractivity contribution in [1.29, 1.82) is 0 Å². The van der Waals surface area contributed by atoms with Crippen molar-refractivity contribution in [2.24, 2.45) is 0 Å². The molecule has 1 atom stereocenters. The molecule has 1 N–H and O–H groups in total. The Morgan fingerprint density at radius 3 is 2.38 bits per heavy atom. The molecule has 0 saturated carbocycles. The number of esters is 1. The number of amides is 1. The maximum atomic E-state index is 12.3. The first kappa shape index (κ1) is 20.8. The van der Waals surface area contributed by atoms with Gasteiger partial charge in [-0.15, -0.1) is 11.8 Å². The Kier molecular flexibility index (Phi) is 6.49. The molecular weight excluding hydrogens is 390 g/mol. The number of ketones is 2. The second-order valence-electron chi connectivity index (χ2n) is 6.75. The van der Waals surface area contributed by atoms with Crippen molar-refractivity contribution in [2.75, 3.05) is 18.2 Å². The van der Waals surface area contributed by atoms with Gasteiger partial charge in [0.05, 0.1) is 12.3 Å². The molecule has 1 heterocycles. The molecule has 0 saturated heterocycles. The van der Waals surface area contributed by atoms with Crippen molar-refractivity contribution < 1.29 is 23.9 Å². The standard InChI is InChI=1S/C22H21NO5S/c1-13-17-11-15(5-8-18(17)23-22(13)27)20(25)12-28-21(26)10-9-19(24)14-3-6-16(29-2)7-4-14/h3-8,11,13H,9-10,12H2,1-2H3,(H,23,27)/t13-/m0/s1. The molecule has 7 heteroatoms. The van der Waals surface area contributed by atoms with Gasteiger partial charge >= 0.3 is 5.97 Å². The summed E-state index contributed by atoms with van der Waals surface area (Å²) in [7, 11) is 0. The third-order valence-corrected chi connectivity index (χ3v) is 5.57. The van der Waals surface area contributed by atoms with Crippen molar-refractivity contribution in [3.63, 3.8) is 0 Å². The quantitative estimate of drug-likeness (QED) is 0.403. The minimum Gasteiger partial charge on any atom is -0.457 e. The molecular formula is C22H21NO5S. The lowest BCUT2D eigenvalue weighted by molar-refractivity contribution is -0.142. The lowest BCUT2D eigenvalue weighted by Crippen LogP contribution is -2.15. The summed E-state index contributed by atoms with van der Waals surface area (Å²) in [5, 5.41) is 2.74. The Bertz CT molecular complexity index is 968. The van der Waals surface area contributed by atoms with Gasteiger partial charge < -0.3 is 10.1 Å². The number of thioether (sulfide) groups is 1. The first-order chi connectivity index (χ1) is 13.9. The molecule has 1 aliphatic rings. The Labute approximate surface area is 173 Å². The molecule has 150 valence electrons. The molecule has 1 amide bonds. The zero-order chi connectivity index (χ0) is 21.0. The number of anilines is 1. The zero-order valence-electron chi connectivity index (χ0n) is 16.2. The van der Waals surface area contributed by atoms with Gasteiger partial charge in [-0.25, -0.2) is 0 Å².